The zero-order valence-electron chi connectivity index (χ0n) is 16.5. The maximum atomic E-state index is 13.2. The molecule has 0 bridgehead atoms. The van der Waals surface area contributed by atoms with Crippen molar-refractivity contribution in [2.24, 2.45) is 0 Å². The van der Waals surface area contributed by atoms with Crippen LogP contribution in [0.1, 0.15) is 26.5 Å². The van der Waals surface area contributed by atoms with Crippen molar-refractivity contribution in [2.75, 3.05) is 29.4 Å². The molecule has 1 aliphatic heterocycles. The van der Waals surface area contributed by atoms with Gasteiger partial charge in [0.25, 0.3) is 11.8 Å². The largest absolute Gasteiger partial charge is 0.441 e. The van der Waals surface area contributed by atoms with Crippen molar-refractivity contribution in [2.45, 2.75) is 20.8 Å². The lowest BCUT2D eigenvalue weighted by Crippen LogP contribution is -2.56. The fourth-order valence-electron chi connectivity index (χ4n) is 3.14. The van der Waals surface area contributed by atoms with Gasteiger partial charge in [-0.2, -0.15) is 0 Å². The second-order valence-corrected chi connectivity index (χ2v) is 7.16. The first-order valence-corrected chi connectivity index (χ1v) is 10.2. The first-order chi connectivity index (χ1) is 13.9. The van der Waals surface area contributed by atoms with Gasteiger partial charge in [0.1, 0.15) is 11.3 Å². The Morgan fingerprint density at radius 1 is 1.03 bits per heavy atom. The third-order valence-electron chi connectivity index (χ3n) is 4.71. The molecule has 29 heavy (non-hydrogen) atoms. The van der Waals surface area contributed by atoms with Gasteiger partial charge in [-0.15, -0.1) is 0 Å². The Labute approximate surface area is 180 Å². The van der Waals surface area contributed by atoms with Crippen LogP contribution in [0.2, 0.25) is 5.02 Å². The van der Waals surface area contributed by atoms with Gasteiger partial charge in [-0.3, -0.25) is 19.4 Å². The number of likely N-dealkylation sites (N-methyl/N-ethyl adjacent to an activating group) is 1. The van der Waals surface area contributed by atoms with Gasteiger partial charge in [-0.05, 0) is 69.4 Å². The standard InChI is InChI=1S/C21H22ClN3O3S/c1-4-23(5-2)18-12-11-16(28-18)13-17-19(26)24(6-3)21(29)25(20(17)27)15-9-7-14(22)8-10-15/h7-13H,4-6H2,1-3H3/b17-13+. The maximum Gasteiger partial charge on any atom is 0.270 e. The summed E-state index contributed by atoms with van der Waals surface area (Å²) in [4.78, 5) is 30.9. The highest BCUT2D eigenvalue weighted by Crippen LogP contribution is 2.28. The number of anilines is 2. The average molecular weight is 432 g/mol. The monoisotopic (exact) mass is 431 g/mol. The van der Waals surface area contributed by atoms with Gasteiger partial charge in [0.05, 0.1) is 5.69 Å². The maximum absolute atomic E-state index is 13.2. The van der Waals surface area contributed by atoms with E-state index in [2.05, 4.69) is 0 Å². The third-order valence-corrected chi connectivity index (χ3v) is 5.36. The topological polar surface area (TPSA) is 57.0 Å². The third kappa shape index (κ3) is 4.06. The van der Waals surface area contributed by atoms with Gasteiger partial charge >= 0.3 is 0 Å². The zero-order valence-corrected chi connectivity index (χ0v) is 18.1. The van der Waals surface area contributed by atoms with E-state index in [1.54, 1.807) is 30.3 Å². The number of carbonyl (C=O) groups excluding carboxylic acids is 2. The van der Waals surface area contributed by atoms with E-state index in [0.29, 0.717) is 28.9 Å². The van der Waals surface area contributed by atoms with Crippen LogP contribution in [-0.4, -0.2) is 41.5 Å². The quantitative estimate of drug-likeness (QED) is 0.387. The van der Waals surface area contributed by atoms with Gasteiger partial charge in [0, 0.05) is 30.7 Å². The molecule has 8 heteroatoms. The molecule has 152 valence electrons. The van der Waals surface area contributed by atoms with Crippen molar-refractivity contribution in [3.8, 4) is 0 Å². The van der Waals surface area contributed by atoms with E-state index in [9.17, 15) is 9.59 Å². The van der Waals surface area contributed by atoms with E-state index in [0.717, 1.165) is 13.1 Å². The van der Waals surface area contributed by atoms with Crippen LogP contribution >= 0.6 is 23.8 Å². The highest BCUT2D eigenvalue weighted by molar-refractivity contribution is 7.80. The summed E-state index contributed by atoms with van der Waals surface area (Å²) in [5.41, 5.74) is 0.542. The molecule has 1 aliphatic rings. The lowest BCUT2D eigenvalue weighted by atomic mass is 10.1. The van der Waals surface area contributed by atoms with Crippen molar-refractivity contribution >= 4 is 58.4 Å². The van der Waals surface area contributed by atoms with Crippen molar-refractivity contribution in [3.63, 3.8) is 0 Å². The Balaban J connectivity index is 2.01. The number of nitrogens with zero attached hydrogens (tertiary/aromatic N) is 3. The molecule has 0 saturated carbocycles. The number of benzene rings is 1. The lowest BCUT2D eigenvalue weighted by molar-refractivity contribution is -0.127. The molecule has 6 nitrogen and oxygen atoms in total. The van der Waals surface area contributed by atoms with Crippen LogP contribution < -0.4 is 9.80 Å². The second-order valence-electron chi connectivity index (χ2n) is 6.36. The van der Waals surface area contributed by atoms with Crippen molar-refractivity contribution in [1.29, 1.82) is 0 Å². The Morgan fingerprint density at radius 3 is 2.28 bits per heavy atom. The summed E-state index contributed by atoms with van der Waals surface area (Å²) < 4.78 is 5.84. The summed E-state index contributed by atoms with van der Waals surface area (Å²) in [6.07, 6.45) is 1.48. The van der Waals surface area contributed by atoms with Crippen LogP contribution in [0.4, 0.5) is 11.6 Å². The van der Waals surface area contributed by atoms with E-state index >= 15 is 0 Å². The highest BCUT2D eigenvalue weighted by atomic mass is 35.5. The summed E-state index contributed by atoms with van der Waals surface area (Å²) >= 11 is 11.4. The number of thiocarbonyl (C=S) groups is 1. The Morgan fingerprint density at radius 2 is 1.69 bits per heavy atom. The summed E-state index contributed by atoms with van der Waals surface area (Å²) in [6.45, 7) is 7.79. The second kappa shape index (κ2) is 8.80. The van der Waals surface area contributed by atoms with E-state index in [1.807, 2.05) is 31.7 Å². The van der Waals surface area contributed by atoms with E-state index < -0.39 is 11.8 Å². The predicted octanol–water partition coefficient (Wildman–Crippen LogP) is 4.34. The minimum atomic E-state index is -0.493. The number of carbonyl (C=O) groups is 2. The molecule has 2 heterocycles. The molecule has 1 fully saturated rings. The molecule has 0 unspecified atom stereocenters. The van der Waals surface area contributed by atoms with Gasteiger partial charge < -0.3 is 9.32 Å². The molecule has 2 amide bonds. The molecule has 0 N–H and O–H groups in total. The van der Waals surface area contributed by atoms with Crippen LogP contribution in [0.5, 0.6) is 0 Å². The molecule has 0 aliphatic carbocycles. The molecule has 0 radical (unpaired) electrons. The number of hydrogen-bond acceptors (Lipinski definition) is 5. The molecular formula is C21H22ClN3O3S. The first kappa shape index (κ1) is 21.1. The van der Waals surface area contributed by atoms with Crippen LogP contribution in [0.25, 0.3) is 6.08 Å². The Hall–Kier alpha value is -2.64. The van der Waals surface area contributed by atoms with Crippen LogP contribution in [-0.2, 0) is 9.59 Å². The van der Waals surface area contributed by atoms with Gasteiger partial charge in [0.15, 0.2) is 11.0 Å². The highest BCUT2D eigenvalue weighted by Gasteiger charge is 2.39. The molecule has 2 aromatic rings. The van der Waals surface area contributed by atoms with Gasteiger partial charge in [0.2, 0.25) is 0 Å². The summed E-state index contributed by atoms with van der Waals surface area (Å²) in [6, 6.07) is 10.3. The minimum absolute atomic E-state index is 0.00385. The summed E-state index contributed by atoms with van der Waals surface area (Å²) in [5.74, 6) is 0.194. The minimum Gasteiger partial charge on any atom is -0.441 e. The number of rotatable bonds is 6. The van der Waals surface area contributed by atoms with Crippen molar-refractivity contribution < 1.29 is 14.0 Å². The molecule has 0 atom stereocenters. The fourth-order valence-corrected chi connectivity index (χ4v) is 3.67. The Bertz CT molecular complexity index is 964. The van der Waals surface area contributed by atoms with Crippen LogP contribution in [0.3, 0.4) is 0 Å². The number of amides is 2. The van der Waals surface area contributed by atoms with Gasteiger partial charge in [-0.1, -0.05) is 11.6 Å². The average Bonchev–Trinajstić information content (AvgIpc) is 3.16. The molecule has 1 aromatic heterocycles. The molecular weight excluding hydrogens is 410 g/mol. The summed E-state index contributed by atoms with van der Waals surface area (Å²) in [7, 11) is 0. The fraction of sp³-hybridized carbons (Fsp3) is 0.286. The van der Waals surface area contributed by atoms with E-state index in [-0.39, 0.29) is 10.7 Å². The number of furan rings is 1. The number of halogens is 1. The number of hydrogen-bond donors (Lipinski definition) is 0. The zero-order chi connectivity index (χ0) is 21.1. The molecule has 1 aromatic carbocycles. The predicted molar refractivity (Wildman–Crippen MR) is 119 cm³/mol. The SMILES string of the molecule is CCN1C(=O)/C(=C\c2ccc(N(CC)CC)o2)C(=O)N(c2ccc(Cl)cc2)C1=S. The smallest absolute Gasteiger partial charge is 0.270 e. The molecule has 1 saturated heterocycles. The normalized spacial score (nSPS) is 16.1. The first-order valence-electron chi connectivity index (χ1n) is 9.43. The van der Waals surface area contributed by atoms with E-state index in [1.165, 1.54) is 15.9 Å². The van der Waals surface area contributed by atoms with Gasteiger partial charge in [-0.25, -0.2) is 0 Å². The van der Waals surface area contributed by atoms with Crippen molar-refractivity contribution in [3.05, 3.63) is 52.8 Å². The Kier molecular flexibility index (Phi) is 6.39. The summed E-state index contributed by atoms with van der Waals surface area (Å²) in [5, 5.41) is 0.688. The lowest BCUT2D eigenvalue weighted by Gasteiger charge is -2.35. The molecule has 0 spiro atoms. The van der Waals surface area contributed by atoms with Crippen LogP contribution in [0, 0.1) is 0 Å². The van der Waals surface area contributed by atoms with Crippen LogP contribution in [0.15, 0.2) is 46.4 Å². The van der Waals surface area contributed by atoms with Crippen molar-refractivity contribution in [1.82, 2.24) is 4.90 Å². The van der Waals surface area contributed by atoms with E-state index in [4.69, 9.17) is 28.2 Å². The molecule has 3 rings (SSSR count).